The summed E-state index contributed by atoms with van der Waals surface area (Å²) in [4.78, 5) is 7.76. The van der Waals surface area contributed by atoms with Crippen LogP contribution in [0.1, 0.15) is 22.3 Å². The highest BCUT2D eigenvalue weighted by molar-refractivity contribution is 6.19. The number of benzene rings is 4. The van der Waals surface area contributed by atoms with Crippen molar-refractivity contribution in [2.75, 3.05) is 0 Å². The monoisotopic (exact) mass is 634 g/mol. The van der Waals surface area contributed by atoms with E-state index in [0.29, 0.717) is 24.3 Å². The average Bonchev–Trinajstić information content (AvgIpc) is 3.57. The summed E-state index contributed by atoms with van der Waals surface area (Å²) < 4.78 is 176. The summed E-state index contributed by atoms with van der Waals surface area (Å²) in [5, 5.41) is -0.576. The molecule has 0 bridgehead atoms. The normalized spacial score (nSPS) is 13.5. The molecule has 44 heavy (non-hydrogen) atoms. The molecule has 0 aliphatic carbocycles. The van der Waals surface area contributed by atoms with Crippen molar-refractivity contribution in [3.8, 4) is 22.3 Å². The van der Waals surface area contributed by atoms with Crippen LogP contribution in [0.25, 0.3) is 55.2 Å². The van der Waals surface area contributed by atoms with Gasteiger partial charge in [-0.25, -0.2) is 9.97 Å². The molecule has 0 saturated heterocycles. The van der Waals surface area contributed by atoms with E-state index >= 15 is 0 Å². The molecule has 0 atom stereocenters. The van der Waals surface area contributed by atoms with Crippen LogP contribution in [-0.4, -0.2) is 9.97 Å². The molecule has 0 fully saturated rings. The van der Waals surface area contributed by atoms with Gasteiger partial charge in [0.1, 0.15) is 11.0 Å². The first-order valence-electron chi connectivity index (χ1n) is 12.0. The number of hydrogen-bond donors (Lipinski definition) is 0. The van der Waals surface area contributed by atoms with Crippen LogP contribution in [0.5, 0.6) is 0 Å². The lowest BCUT2D eigenvalue weighted by molar-refractivity contribution is -0.144. The highest BCUT2D eigenvalue weighted by Crippen LogP contribution is 2.50. The summed E-state index contributed by atoms with van der Waals surface area (Å²) >= 11 is 0. The minimum absolute atomic E-state index is 0.121. The maximum Gasteiger partial charge on any atom is 0.417 e. The van der Waals surface area contributed by atoms with Gasteiger partial charge in [-0.1, -0.05) is 12.1 Å². The third-order valence-electron chi connectivity index (χ3n) is 6.88. The van der Waals surface area contributed by atoms with E-state index in [1.54, 1.807) is 0 Å². The van der Waals surface area contributed by atoms with Crippen LogP contribution in [0.15, 0.2) is 70.2 Å². The molecule has 228 valence electrons. The zero-order valence-electron chi connectivity index (χ0n) is 21.0. The molecule has 0 N–H and O–H groups in total. The minimum atomic E-state index is -5.36. The van der Waals surface area contributed by atoms with Crippen LogP contribution in [0.2, 0.25) is 0 Å². The van der Waals surface area contributed by atoms with E-state index in [4.69, 9.17) is 8.83 Å². The molecule has 0 unspecified atom stereocenters. The Morgan fingerprint density at radius 3 is 1.14 bits per heavy atom. The first kappa shape index (κ1) is 29.3. The van der Waals surface area contributed by atoms with E-state index in [1.165, 1.54) is 0 Å². The van der Waals surface area contributed by atoms with Gasteiger partial charge >= 0.3 is 24.7 Å². The van der Waals surface area contributed by atoms with Gasteiger partial charge in [-0.05, 0) is 58.3 Å². The molecule has 2 aromatic heterocycles. The molecule has 4 aromatic carbocycles. The van der Waals surface area contributed by atoms with Crippen molar-refractivity contribution in [2.45, 2.75) is 24.7 Å². The van der Waals surface area contributed by atoms with E-state index in [1.807, 2.05) is 0 Å². The fourth-order valence-electron chi connectivity index (χ4n) is 5.06. The van der Waals surface area contributed by atoms with Gasteiger partial charge in [0.15, 0.2) is 24.0 Å². The van der Waals surface area contributed by atoms with Gasteiger partial charge in [0.25, 0.3) is 0 Å². The fraction of sp³-hybridized carbons (Fsp3) is 0.143. The Morgan fingerprint density at radius 1 is 0.455 bits per heavy atom. The van der Waals surface area contributed by atoms with Crippen molar-refractivity contribution in [3.63, 3.8) is 0 Å². The summed E-state index contributed by atoms with van der Waals surface area (Å²) in [6.45, 7) is 0. The van der Waals surface area contributed by atoms with Gasteiger partial charge in [-0.3, -0.25) is 0 Å². The molecular formula is C28H10F12N2O2. The number of rotatable bonds is 2. The maximum absolute atomic E-state index is 14.2. The number of oxazole rings is 2. The van der Waals surface area contributed by atoms with Crippen molar-refractivity contribution < 1.29 is 61.5 Å². The molecule has 4 nitrogen and oxygen atoms in total. The van der Waals surface area contributed by atoms with E-state index in [0.717, 1.165) is 24.9 Å². The number of halogens is 12. The molecule has 0 saturated carbocycles. The van der Waals surface area contributed by atoms with Crippen molar-refractivity contribution in [2.24, 2.45) is 0 Å². The lowest BCUT2D eigenvalue weighted by atomic mass is 9.87. The Balaban J connectivity index is 1.79. The number of hydrogen-bond acceptors (Lipinski definition) is 4. The van der Waals surface area contributed by atoms with Crippen molar-refractivity contribution in [1.29, 1.82) is 0 Å². The van der Waals surface area contributed by atoms with Gasteiger partial charge in [0.05, 0.1) is 22.3 Å². The number of alkyl halides is 12. The van der Waals surface area contributed by atoms with E-state index in [2.05, 4.69) is 9.97 Å². The maximum atomic E-state index is 14.2. The van der Waals surface area contributed by atoms with Gasteiger partial charge < -0.3 is 8.83 Å². The third kappa shape index (κ3) is 4.77. The van der Waals surface area contributed by atoms with Crippen LogP contribution in [0.4, 0.5) is 52.7 Å². The van der Waals surface area contributed by atoms with E-state index in [-0.39, 0.29) is 45.1 Å². The lowest BCUT2D eigenvalue weighted by Gasteiger charge is -2.20. The zero-order chi connectivity index (χ0) is 32.0. The molecule has 0 spiro atoms. The molecule has 0 aliphatic heterocycles. The largest absolute Gasteiger partial charge is 0.443 e. The van der Waals surface area contributed by atoms with Gasteiger partial charge in [0.2, 0.25) is 0 Å². The van der Waals surface area contributed by atoms with Crippen LogP contribution in [0, 0.1) is 0 Å². The summed E-state index contributed by atoms with van der Waals surface area (Å²) in [6, 6.07) is 3.83. The highest BCUT2D eigenvalue weighted by atomic mass is 19.4. The standard InChI is InChI=1S/C28H10F12N2O2/c29-25(30,31)11-1-3-13(17(5-11)27(35,36)37)21-15-7-20-24(44-10-42-20)22(16(15)8-19-23(21)43-9-41-19)14-4-2-12(26(32,33)34)6-18(14)28(38,39)40/h1-10H. The summed E-state index contributed by atoms with van der Waals surface area (Å²) in [5.74, 6) is 0. The quantitative estimate of drug-likeness (QED) is 0.178. The second kappa shape index (κ2) is 9.37. The molecule has 0 aliphatic rings. The predicted octanol–water partition coefficient (Wildman–Crippen LogP) is 10.5. The smallest absolute Gasteiger partial charge is 0.417 e. The van der Waals surface area contributed by atoms with Crippen molar-refractivity contribution in [3.05, 3.63) is 83.6 Å². The predicted molar refractivity (Wildman–Crippen MR) is 130 cm³/mol. The third-order valence-corrected chi connectivity index (χ3v) is 6.88. The number of nitrogens with zero attached hydrogens (tertiary/aromatic N) is 2. The Labute approximate surface area is 235 Å². The average molecular weight is 634 g/mol. The molecule has 0 radical (unpaired) electrons. The molecule has 2 heterocycles. The van der Waals surface area contributed by atoms with Crippen LogP contribution in [-0.2, 0) is 24.7 Å². The molecular weight excluding hydrogens is 624 g/mol. The summed E-state index contributed by atoms with van der Waals surface area (Å²) in [7, 11) is 0. The molecule has 0 amide bonds. The van der Waals surface area contributed by atoms with Gasteiger partial charge in [0, 0.05) is 11.1 Å². The molecule has 6 rings (SSSR count). The van der Waals surface area contributed by atoms with Crippen molar-refractivity contribution in [1.82, 2.24) is 9.97 Å². The molecule has 16 heteroatoms. The minimum Gasteiger partial charge on any atom is -0.443 e. The van der Waals surface area contributed by atoms with Crippen LogP contribution in [0.3, 0.4) is 0 Å². The van der Waals surface area contributed by atoms with Gasteiger partial charge in [-0.2, -0.15) is 52.7 Å². The SMILES string of the molecule is FC(F)(F)c1ccc(-c2c3cc4ncoc4c(-c4ccc(C(F)(F)F)cc4C(F)(F)F)c3cc3ncoc23)c(C(F)(F)F)c1. The van der Waals surface area contributed by atoms with Gasteiger partial charge in [-0.15, -0.1) is 0 Å². The number of fused-ring (bicyclic) bond motifs is 3. The Morgan fingerprint density at radius 2 is 0.818 bits per heavy atom. The summed E-state index contributed by atoms with van der Waals surface area (Å²) in [5.41, 5.74) is -10.6. The Bertz CT molecular complexity index is 1930. The van der Waals surface area contributed by atoms with Crippen LogP contribution < -0.4 is 0 Å². The first-order chi connectivity index (χ1) is 20.4. The molecule has 6 aromatic rings. The lowest BCUT2D eigenvalue weighted by Crippen LogP contribution is -2.12. The Hall–Kier alpha value is -4.76. The van der Waals surface area contributed by atoms with Crippen LogP contribution >= 0.6 is 0 Å². The topological polar surface area (TPSA) is 52.1 Å². The van der Waals surface area contributed by atoms with E-state index < -0.39 is 69.2 Å². The van der Waals surface area contributed by atoms with Crippen molar-refractivity contribution >= 4 is 33.0 Å². The second-order valence-electron chi connectivity index (χ2n) is 9.51. The summed E-state index contributed by atoms with van der Waals surface area (Å²) in [6.07, 6.45) is -19.4. The first-order valence-corrected chi connectivity index (χ1v) is 12.0. The number of aromatic nitrogens is 2. The highest BCUT2D eigenvalue weighted by Gasteiger charge is 2.41. The zero-order valence-corrected chi connectivity index (χ0v) is 21.0. The second-order valence-corrected chi connectivity index (χ2v) is 9.51. The fourth-order valence-corrected chi connectivity index (χ4v) is 5.06. The van der Waals surface area contributed by atoms with E-state index in [9.17, 15) is 52.7 Å². The Kier molecular flexibility index (Phi) is 6.24.